The highest BCUT2D eigenvalue weighted by Crippen LogP contribution is 2.17. The quantitative estimate of drug-likeness (QED) is 0.298. The Morgan fingerprint density at radius 1 is 1.38 bits per heavy atom. The van der Waals surface area contributed by atoms with Crippen molar-refractivity contribution >= 4 is 35.8 Å². The molecule has 0 aromatic heterocycles. The maximum Gasteiger partial charge on any atom is 0.243 e. The minimum absolute atomic E-state index is 0. The Morgan fingerprint density at radius 2 is 2.04 bits per heavy atom. The zero-order valence-corrected chi connectivity index (χ0v) is 17.3. The van der Waals surface area contributed by atoms with Crippen LogP contribution in [0.1, 0.15) is 13.3 Å². The Morgan fingerprint density at radius 3 is 2.62 bits per heavy atom. The second kappa shape index (κ2) is 10.0. The van der Waals surface area contributed by atoms with Gasteiger partial charge in [-0.1, -0.05) is 24.3 Å². The number of carbonyl (C=O) groups is 1. The average Bonchev–Trinajstić information content (AvgIpc) is 3.17. The Bertz CT molecular complexity index is 495. The number of aliphatic imine (C=N–C) groups is 1. The van der Waals surface area contributed by atoms with Crippen molar-refractivity contribution in [3.8, 4) is 0 Å². The maximum absolute atomic E-state index is 11.8. The van der Waals surface area contributed by atoms with E-state index in [4.69, 9.17) is 0 Å². The summed E-state index contributed by atoms with van der Waals surface area (Å²) in [6.07, 6.45) is 5.59. The third kappa shape index (κ3) is 6.08. The molecule has 0 saturated carbocycles. The lowest BCUT2D eigenvalue weighted by atomic mass is 10.2. The number of nitrogens with one attached hydrogen (secondary N) is 1. The SMILES string of the molecule is C=C(C)CNC(=NCC(=O)N(C)C)N1CCC(N2CC=CC2)C1.I. The third-order valence-corrected chi connectivity index (χ3v) is 4.24. The summed E-state index contributed by atoms with van der Waals surface area (Å²) in [7, 11) is 3.51. The molecule has 0 radical (unpaired) electrons. The van der Waals surface area contributed by atoms with Gasteiger partial charge in [0.25, 0.3) is 0 Å². The fourth-order valence-electron chi connectivity index (χ4n) is 2.81. The molecule has 1 fully saturated rings. The minimum atomic E-state index is 0. The molecule has 2 heterocycles. The van der Waals surface area contributed by atoms with E-state index < -0.39 is 0 Å². The molecule has 24 heavy (non-hydrogen) atoms. The van der Waals surface area contributed by atoms with E-state index in [0.717, 1.165) is 44.1 Å². The summed E-state index contributed by atoms with van der Waals surface area (Å²) in [4.78, 5) is 22.7. The molecule has 1 unspecified atom stereocenters. The van der Waals surface area contributed by atoms with E-state index in [1.807, 2.05) is 6.92 Å². The van der Waals surface area contributed by atoms with Crippen LogP contribution in [0.15, 0.2) is 29.3 Å². The normalized spacial score (nSPS) is 20.9. The largest absolute Gasteiger partial charge is 0.353 e. The summed E-state index contributed by atoms with van der Waals surface area (Å²) in [6, 6.07) is 0.561. The van der Waals surface area contributed by atoms with Gasteiger partial charge < -0.3 is 15.1 Å². The molecule has 1 amide bonds. The van der Waals surface area contributed by atoms with Gasteiger partial charge in [0.15, 0.2) is 5.96 Å². The average molecular weight is 447 g/mol. The minimum Gasteiger partial charge on any atom is -0.353 e. The highest BCUT2D eigenvalue weighted by Gasteiger charge is 2.29. The zero-order chi connectivity index (χ0) is 16.8. The van der Waals surface area contributed by atoms with E-state index in [2.05, 4.69) is 38.8 Å². The predicted octanol–water partition coefficient (Wildman–Crippen LogP) is 1.16. The van der Waals surface area contributed by atoms with E-state index in [-0.39, 0.29) is 36.4 Å². The highest BCUT2D eigenvalue weighted by molar-refractivity contribution is 14.0. The number of hydrogen-bond acceptors (Lipinski definition) is 3. The van der Waals surface area contributed by atoms with Crippen LogP contribution in [0.4, 0.5) is 0 Å². The van der Waals surface area contributed by atoms with Crippen LogP contribution in [0.2, 0.25) is 0 Å². The number of amides is 1. The van der Waals surface area contributed by atoms with Gasteiger partial charge in [-0.25, -0.2) is 4.99 Å². The van der Waals surface area contributed by atoms with Crippen molar-refractivity contribution in [2.45, 2.75) is 19.4 Å². The Kier molecular flexibility index (Phi) is 8.75. The van der Waals surface area contributed by atoms with Gasteiger partial charge in [-0.15, -0.1) is 24.0 Å². The van der Waals surface area contributed by atoms with E-state index in [9.17, 15) is 4.79 Å². The number of guanidine groups is 1. The molecule has 1 saturated heterocycles. The summed E-state index contributed by atoms with van der Waals surface area (Å²) in [5, 5.41) is 3.34. The molecule has 1 atom stereocenters. The van der Waals surface area contributed by atoms with Crippen molar-refractivity contribution in [3.63, 3.8) is 0 Å². The van der Waals surface area contributed by atoms with Crippen molar-refractivity contribution < 1.29 is 4.79 Å². The molecule has 0 spiro atoms. The van der Waals surface area contributed by atoms with Gasteiger partial charge in [0.1, 0.15) is 6.54 Å². The molecule has 0 aromatic carbocycles. The van der Waals surface area contributed by atoms with Crippen LogP contribution in [-0.2, 0) is 4.79 Å². The first-order valence-electron chi connectivity index (χ1n) is 8.24. The topological polar surface area (TPSA) is 51.2 Å². The van der Waals surface area contributed by atoms with Gasteiger partial charge in [-0.2, -0.15) is 0 Å². The molecule has 2 aliphatic heterocycles. The highest BCUT2D eigenvalue weighted by atomic mass is 127. The fourth-order valence-corrected chi connectivity index (χ4v) is 2.81. The van der Waals surface area contributed by atoms with Gasteiger partial charge in [-0.05, 0) is 13.3 Å². The van der Waals surface area contributed by atoms with Crippen molar-refractivity contribution in [3.05, 3.63) is 24.3 Å². The smallest absolute Gasteiger partial charge is 0.243 e. The van der Waals surface area contributed by atoms with Crippen molar-refractivity contribution in [1.29, 1.82) is 0 Å². The van der Waals surface area contributed by atoms with Crippen LogP contribution in [0.25, 0.3) is 0 Å². The van der Waals surface area contributed by atoms with Crippen LogP contribution in [0.3, 0.4) is 0 Å². The van der Waals surface area contributed by atoms with Crippen molar-refractivity contribution in [1.82, 2.24) is 20.0 Å². The number of likely N-dealkylation sites (tertiary alicyclic amines) is 1. The lowest BCUT2D eigenvalue weighted by molar-refractivity contribution is -0.127. The van der Waals surface area contributed by atoms with Gasteiger partial charge >= 0.3 is 0 Å². The summed E-state index contributed by atoms with van der Waals surface area (Å²) >= 11 is 0. The van der Waals surface area contributed by atoms with Crippen LogP contribution in [0.5, 0.6) is 0 Å². The number of likely N-dealkylation sites (N-methyl/N-ethyl adjacent to an activating group) is 1. The van der Waals surface area contributed by atoms with Gasteiger partial charge in [0, 0.05) is 52.9 Å². The molecule has 7 heteroatoms. The Hall–Kier alpha value is -1.09. The first-order valence-corrected chi connectivity index (χ1v) is 8.24. The summed E-state index contributed by atoms with van der Waals surface area (Å²) in [6.45, 7) is 10.8. The number of halogens is 1. The maximum atomic E-state index is 11.8. The number of nitrogens with zero attached hydrogens (tertiary/aromatic N) is 4. The molecular weight excluding hydrogens is 417 g/mol. The van der Waals surface area contributed by atoms with Gasteiger partial charge in [0.2, 0.25) is 5.91 Å². The standard InChI is InChI=1S/C17H29N5O.HI/c1-14(2)11-18-17(19-12-16(23)20(3)4)22-10-7-15(13-22)21-8-5-6-9-21;/h5-6,15H,1,7-13H2,2-4H3,(H,18,19);1H. The first-order chi connectivity index (χ1) is 11.0. The van der Waals surface area contributed by atoms with Crippen molar-refractivity contribution in [2.75, 3.05) is 53.4 Å². The molecule has 6 nitrogen and oxygen atoms in total. The molecular formula is C17H30IN5O. The molecule has 0 bridgehead atoms. The molecule has 0 aromatic rings. The number of carbonyl (C=O) groups excluding carboxylic acids is 1. The lowest BCUT2D eigenvalue weighted by Crippen LogP contribution is -2.43. The van der Waals surface area contributed by atoms with E-state index in [1.165, 1.54) is 0 Å². The van der Waals surface area contributed by atoms with E-state index in [0.29, 0.717) is 12.6 Å². The van der Waals surface area contributed by atoms with Crippen LogP contribution < -0.4 is 5.32 Å². The summed E-state index contributed by atoms with van der Waals surface area (Å²) in [5.41, 5.74) is 1.05. The summed E-state index contributed by atoms with van der Waals surface area (Å²) in [5.74, 6) is 0.831. The predicted molar refractivity (Wildman–Crippen MR) is 110 cm³/mol. The Balaban J connectivity index is 0.00000288. The van der Waals surface area contributed by atoms with Crippen LogP contribution in [0, 0.1) is 0 Å². The molecule has 0 aliphatic carbocycles. The van der Waals surface area contributed by atoms with Crippen molar-refractivity contribution in [2.24, 2.45) is 4.99 Å². The fraction of sp³-hybridized carbons (Fsp3) is 0.647. The molecule has 2 rings (SSSR count). The second-order valence-electron chi connectivity index (χ2n) is 6.55. The van der Waals surface area contributed by atoms with Gasteiger partial charge in [0.05, 0.1) is 0 Å². The van der Waals surface area contributed by atoms with E-state index in [1.54, 1.807) is 19.0 Å². The van der Waals surface area contributed by atoms with Crippen LogP contribution in [-0.4, -0.2) is 86.0 Å². The first kappa shape index (κ1) is 21.0. The number of hydrogen-bond donors (Lipinski definition) is 1. The lowest BCUT2D eigenvalue weighted by Gasteiger charge is -2.25. The Labute approximate surface area is 162 Å². The molecule has 136 valence electrons. The van der Waals surface area contributed by atoms with Crippen LogP contribution >= 0.6 is 24.0 Å². The zero-order valence-electron chi connectivity index (χ0n) is 15.0. The van der Waals surface area contributed by atoms with Gasteiger partial charge in [-0.3, -0.25) is 9.69 Å². The molecule has 2 aliphatic rings. The number of rotatable bonds is 5. The molecule has 1 N–H and O–H groups in total. The monoisotopic (exact) mass is 447 g/mol. The van der Waals surface area contributed by atoms with E-state index >= 15 is 0 Å². The summed E-state index contributed by atoms with van der Waals surface area (Å²) < 4.78 is 0. The third-order valence-electron chi connectivity index (χ3n) is 4.24. The second-order valence-corrected chi connectivity index (χ2v) is 6.55.